The van der Waals surface area contributed by atoms with Crippen LogP contribution in [0.4, 0.5) is 4.39 Å². The number of hydrogen-bond acceptors (Lipinski definition) is 3. The van der Waals surface area contributed by atoms with Crippen molar-refractivity contribution >= 4 is 5.97 Å². The van der Waals surface area contributed by atoms with E-state index in [0.717, 1.165) is 0 Å². The van der Waals surface area contributed by atoms with Gasteiger partial charge < -0.3 is 9.47 Å². The molecule has 0 saturated carbocycles. The summed E-state index contributed by atoms with van der Waals surface area (Å²) in [6, 6.07) is 4.38. The molecule has 0 unspecified atom stereocenters. The zero-order valence-electron chi connectivity index (χ0n) is 8.91. The van der Waals surface area contributed by atoms with Crippen molar-refractivity contribution in [1.29, 1.82) is 0 Å². The minimum Gasteiger partial charge on any atom is -0.488 e. The second-order valence-corrected chi connectivity index (χ2v) is 3.28. The molecular formula is C11H13FO3. The van der Waals surface area contributed by atoms with Crippen LogP contribution < -0.4 is 4.74 Å². The van der Waals surface area contributed by atoms with E-state index in [2.05, 4.69) is 4.74 Å². The first-order chi connectivity index (χ1) is 7.06. The summed E-state index contributed by atoms with van der Waals surface area (Å²) in [4.78, 5) is 11.2. The van der Waals surface area contributed by atoms with Crippen LogP contribution in [0.5, 0.6) is 5.75 Å². The fraction of sp³-hybridized carbons (Fsp3) is 0.364. The molecule has 0 aliphatic rings. The van der Waals surface area contributed by atoms with Gasteiger partial charge in [-0.25, -0.2) is 9.18 Å². The Bertz CT molecular complexity index is 361. The van der Waals surface area contributed by atoms with Gasteiger partial charge in [0.25, 0.3) is 0 Å². The Labute approximate surface area is 87.8 Å². The van der Waals surface area contributed by atoms with Crippen LogP contribution in [0.3, 0.4) is 0 Å². The molecule has 1 aromatic rings. The van der Waals surface area contributed by atoms with Crippen LogP contribution in [-0.4, -0.2) is 19.2 Å². The molecule has 1 rings (SSSR count). The average Bonchev–Trinajstić information content (AvgIpc) is 2.19. The number of ether oxygens (including phenoxy) is 2. The van der Waals surface area contributed by atoms with Gasteiger partial charge in [0.1, 0.15) is 0 Å². The third-order valence-electron chi connectivity index (χ3n) is 1.73. The van der Waals surface area contributed by atoms with Crippen molar-refractivity contribution in [2.45, 2.75) is 20.0 Å². The summed E-state index contributed by atoms with van der Waals surface area (Å²) >= 11 is 0. The first-order valence-corrected chi connectivity index (χ1v) is 4.59. The lowest BCUT2D eigenvalue weighted by Crippen LogP contribution is -2.10. The molecule has 0 amide bonds. The fourth-order valence-electron chi connectivity index (χ4n) is 1.12. The number of halogens is 1. The van der Waals surface area contributed by atoms with Gasteiger partial charge in [0.05, 0.1) is 18.8 Å². The predicted octanol–water partition coefficient (Wildman–Crippen LogP) is 2.40. The largest absolute Gasteiger partial charge is 0.488 e. The van der Waals surface area contributed by atoms with Crippen LogP contribution in [0.1, 0.15) is 24.2 Å². The van der Waals surface area contributed by atoms with Crippen LogP contribution in [-0.2, 0) is 4.74 Å². The number of methoxy groups -OCH3 is 1. The molecule has 0 aliphatic heterocycles. The van der Waals surface area contributed by atoms with Crippen LogP contribution in [0.25, 0.3) is 0 Å². The molecule has 0 spiro atoms. The van der Waals surface area contributed by atoms with E-state index in [4.69, 9.17) is 4.74 Å². The highest BCUT2D eigenvalue weighted by Gasteiger charge is 2.16. The molecule has 15 heavy (non-hydrogen) atoms. The van der Waals surface area contributed by atoms with Gasteiger partial charge in [-0.05, 0) is 26.0 Å². The van der Waals surface area contributed by atoms with E-state index < -0.39 is 11.8 Å². The highest BCUT2D eigenvalue weighted by atomic mass is 19.1. The fourth-order valence-corrected chi connectivity index (χ4v) is 1.12. The van der Waals surface area contributed by atoms with E-state index in [1.165, 1.54) is 19.2 Å². The smallest absolute Gasteiger partial charge is 0.340 e. The summed E-state index contributed by atoms with van der Waals surface area (Å²) in [5.74, 6) is -1.33. The standard InChI is InChI=1S/C11H13FO3/c1-7(2)15-9-6-4-5-8(10(9)12)11(13)14-3/h4-7H,1-3H3. The maximum absolute atomic E-state index is 13.6. The van der Waals surface area contributed by atoms with Gasteiger partial charge in [0.15, 0.2) is 11.6 Å². The van der Waals surface area contributed by atoms with Crippen molar-refractivity contribution in [3.63, 3.8) is 0 Å². The Hall–Kier alpha value is -1.58. The summed E-state index contributed by atoms with van der Waals surface area (Å²) in [6.45, 7) is 3.56. The van der Waals surface area contributed by atoms with Crippen LogP contribution >= 0.6 is 0 Å². The number of esters is 1. The number of rotatable bonds is 3. The van der Waals surface area contributed by atoms with Crippen LogP contribution in [0.2, 0.25) is 0 Å². The maximum atomic E-state index is 13.6. The lowest BCUT2D eigenvalue weighted by molar-refractivity contribution is 0.0594. The lowest BCUT2D eigenvalue weighted by atomic mass is 10.2. The van der Waals surface area contributed by atoms with E-state index in [0.29, 0.717) is 0 Å². The van der Waals surface area contributed by atoms with E-state index in [1.54, 1.807) is 19.9 Å². The molecule has 0 fully saturated rings. The molecular weight excluding hydrogens is 199 g/mol. The number of carbonyl (C=O) groups excluding carboxylic acids is 1. The zero-order chi connectivity index (χ0) is 11.4. The minimum atomic E-state index is -0.707. The van der Waals surface area contributed by atoms with Gasteiger partial charge in [-0.1, -0.05) is 6.07 Å². The van der Waals surface area contributed by atoms with E-state index in [1.807, 2.05) is 0 Å². The molecule has 0 N–H and O–H groups in total. The Morgan fingerprint density at radius 1 is 1.40 bits per heavy atom. The molecule has 0 saturated heterocycles. The average molecular weight is 212 g/mol. The van der Waals surface area contributed by atoms with Crippen molar-refractivity contribution in [1.82, 2.24) is 0 Å². The minimum absolute atomic E-state index is 0.0629. The Morgan fingerprint density at radius 3 is 2.60 bits per heavy atom. The van der Waals surface area contributed by atoms with Crippen LogP contribution in [0.15, 0.2) is 18.2 Å². The normalized spacial score (nSPS) is 10.2. The highest BCUT2D eigenvalue weighted by Crippen LogP contribution is 2.21. The van der Waals surface area contributed by atoms with Gasteiger partial charge in [0, 0.05) is 0 Å². The predicted molar refractivity (Wildman–Crippen MR) is 53.5 cm³/mol. The van der Waals surface area contributed by atoms with E-state index >= 15 is 0 Å². The Balaban J connectivity index is 3.05. The second kappa shape index (κ2) is 4.77. The quantitative estimate of drug-likeness (QED) is 0.722. The first-order valence-electron chi connectivity index (χ1n) is 4.59. The topological polar surface area (TPSA) is 35.5 Å². The Kier molecular flexibility index (Phi) is 3.66. The summed E-state index contributed by atoms with van der Waals surface area (Å²) in [7, 11) is 1.21. The van der Waals surface area contributed by atoms with Gasteiger partial charge in [-0.15, -0.1) is 0 Å². The molecule has 1 aromatic carbocycles. The third-order valence-corrected chi connectivity index (χ3v) is 1.73. The Morgan fingerprint density at radius 2 is 2.07 bits per heavy atom. The number of carbonyl (C=O) groups is 1. The van der Waals surface area contributed by atoms with Crippen molar-refractivity contribution in [3.8, 4) is 5.75 Å². The molecule has 0 bridgehead atoms. The molecule has 0 aromatic heterocycles. The third kappa shape index (κ3) is 2.68. The summed E-state index contributed by atoms with van der Waals surface area (Å²) < 4.78 is 23.3. The molecule has 0 heterocycles. The van der Waals surface area contributed by atoms with Crippen molar-refractivity contribution in [2.75, 3.05) is 7.11 Å². The molecule has 0 atom stereocenters. The van der Waals surface area contributed by atoms with Gasteiger partial charge in [-0.3, -0.25) is 0 Å². The van der Waals surface area contributed by atoms with Gasteiger partial charge in [-0.2, -0.15) is 0 Å². The van der Waals surface area contributed by atoms with Crippen molar-refractivity contribution in [2.24, 2.45) is 0 Å². The first kappa shape index (κ1) is 11.5. The zero-order valence-corrected chi connectivity index (χ0v) is 8.91. The molecule has 0 radical (unpaired) electrons. The van der Waals surface area contributed by atoms with Crippen molar-refractivity contribution < 1.29 is 18.7 Å². The number of hydrogen-bond donors (Lipinski definition) is 0. The molecule has 0 aliphatic carbocycles. The van der Waals surface area contributed by atoms with E-state index in [-0.39, 0.29) is 17.4 Å². The summed E-state index contributed by atoms with van der Waals surface area (Å²) in [5.41, 5.74) is -0.115. The highest BCUT2D eigenvalue weighted by molar-refractivity contribution is 5.90. The lowest BCUT2D eigenvalue weighted by Gasteiger charge is -2.11. The molecule has 3 nitrogen and oxygen atoms in total. The van der Waals surface area contributed by atoms with Gasteiger partial charge in [0.2, 0.25) is 0 Å². The number of benzene rings is 1. The molecule has 4 heteroatoms. The SMILES string of the molecule is COC(=O)c1cccc(OC(C)C)c1F. The monoisotopic (exact) mass is 212 g/mol. The summed E-state index contributed by atoms with van der Waals surface area (Å²) in [6.07, 6.45) is -0.146. The summed E-state index contributed by atoms with van der Waals surface area (Å²) in [5, 5.41) is 0. The van der Waals surface area contributed by atoms with Gasteiger partial charge >= 0.3 is 5.97 Å². The maximum Gasteiger partial charge on any atom is 0.340 e. The molecule has 82 valence electrons. The van der Waals surface area contributed by atoms with Crippen molar-refractivity contribution in [3.05, 3.63) is 29.6 Å². The van der Waals surface area contributed by atoms with Crippen LogP contribution in [0, 0.1) is 5.82 Å². The van der Waals surface area contributed by atoms with E-state index in [9.17, 15) is 9.18 Å². The second-order valence-electron chi connectivity index (χ2n) is 3.28.